The molecule has 0 saturated carbocycles. The fourth-order valence-electron chi connectivity index (χ4n) is 1.77. The predicted octanol–water partition coefficient (Wildman–Crippen LogP) is 2.25. The van der Waals surface area contributed by atoms with Crippen molar-refractivity contribution < 1.29 is 14.3 Å². The zero-order valence-corrected chi connectivity index (χ0v) is 11.9. The van der Waals surface area contributed by atoms with Crippen LogP contribution in [0.3, 0.4) is 0 Å². The average Bonchev–Trinajstić information content (AvgIpc) is 2.38. The maximum Gasteiger partial charge on any atom is 0.344 e. The molecule has 0 saturated heterocycles. The van der Waals surface area contributed by atoms with Gasteiger partial charge in [-0.1, -0.05) is 26.0 Å². The van der Waals surface area contributed by atoms with Crippen LogP contribution in [0.25, 0.3) is 0 Å². The van der Waals surface area contributed by atoms with Gasteiger partial charge in [0.2, 0.25) is 0 Å². The first-order valence-corrected chi connectivity index (χ1v) is 6.69. The number of rotatable bonds is 7. The largest absolute Gasteiger partial charge is 0.482 e. The number of benzene rings is 1. The second-order valence-electron chi connectivity index (χ2n) is 4.65. The van der Waals surface area contributed by atoms with Gasteiger partial charge in [-0.05, 0) is 43.0 Å². The predicted molar refractivity (Wildman–Crippen MR) is 75.4 cm³/mol. The first-order chi connectivity index (χ1) is 9.08. The molecule has 0 radical (unpaired) electrons. The van der Waals surface area contributed by atoms with Crippen LogP contribution in [0.2, 0.25) is 0 Å². The number of hydrogen-bond donors (Lipinski definition) is 1. The Hall–Kier alpha value is -1.55. The highest BCUT2D eigenvalue weighted by atomic mass is 16.6. The standard InChI is InChI=1S/C15H23NO3/c1-4-18-15(17)10-19-14-9-13(11(2)3)6-5-12(14)7-8-16/h5-6,9,11H,4,7-8,10,16H2,1-3H3. The Kier molecular flexibility index (Phi) is 6.36. The van der Waals surface area contributed by atoms with Gasteiger partial charge in [-0.15, -0.1) is 0 Å². The summed E-state index contributed by atoms with van der Waals surface area (Å²) in [5.74, 6) is 0.790. The van der Waals surface area contributed by atoms with Gasteiger partial charge in [0.25, 0.3) is 0 Å². The van der Waals surface area contributed by atoms with Crippen molar-refractivity contribution in [1.82, 2.24) is 0 Å². The Labute approximate surface area is 114 Å². The maximum atomic E-state index is 11.3. The molecule has 0 aliphatic rings. The van der Waals surface area contributed by atoms with Crippen molar-refractivity contribution in [1.29, 1.82) is 0 Å². The third kappa shape index (κ3) is 4.91. The summed E-state index contributed by atoms with van der Waals surface area (Å²) in [6.07, 6.45) is 0.733. The van der Waals surface area contributed by atoms with E-state index in [2.05, 4.69) is 19.9 Å². The molecule has 0 aliphatic heterocycles. The lowest BCUT2D eigenvalue weighted by Gasteiger charge is -2.14. The van der Waals surface area contributed by atoms with Crippen molar-refractivity contribution in [2.24, 2.45) is 5.73 Å². The summed E-state index contributed by atoms with van der Waals surface area (Å²) in [5.41, 5.74) is 7.79. The molecular weight excluding hydrogens is 242 g/mol. The fourth-order valence-corrected chi connectivity index (χ4v) is 1.77. The highest BCUT2D eigenvalue weighted by molar-refractivity contribution is 5.71. The lowest BCUT2D eigenvalue weighted by atomic mass is 10.00. The molecule has 19 heavy (non-hydrogen) atoms. The number of nitrogens with two attached hydrogens (primary N) is 1. The van der Waals surface area contributed by atoms with Gasteiger partial charge < -0.3 is 15.2 Å². The summed E-state index contributed by atoms with van der Waals surface area (Å²) >= 11 is 0. The minimum absolute atomic E-state index is 0.0625. The number of carbonyl (C=O) groups is 1. The lowest BCUT2D eigenvalue weighted by molar-refractivity contribution is -0.145. The highest BCUT2D eigenvalue weighted by Gasteiger charge is 2.10. The van der Waals surface area contributed by atoms with Crippen LogP contribution in [0.4, 0.5) is 0 Å². The highest BCUT2D eigenvalue weighted by Crippen LogP contribution is 2.25. The molecule has 0 aromatic heterocycles. The molecule has 0 spiro atoms. The number of hydrogen-bond acceptors (Lipinski definition) is 4. The lowest BCUT2D eigenvalue weighted by Crippen LogP contribution is -2.16. The van der Waals surface area contributed by atoms with E-state index in [1.165, 1.54) is 5.56 Å². The molecule has 4 heteroatoms. The molecule has 0 atom stereocenters. The van der Waals surface area contributed by atoms with Crippen LogP contribution in [0, 0.1) is 0 Å². The summed E-state index contributed by atoms with van der Waals surface area (Å²) in [6, 6.07) is 6.07. The fraction of sp³-hybridized carbons (Fsp3) is 0.533. The third-order valence-electron chi connectivity index (χ3n) is 2.82. The molecule has 4 nitrogen and oxygen atoms in total. The first kappa shape index (κ1) is 15.5. The van der Waals surface area contributed by atoms with E-state index >= 15 is 0 Å². The summed E-state index contributed by atoms with van der Waals surface area (Å²) in [6.45, 7) is 6.87. The Morgan fingerprint density at radius 3 is 2.68 bits per heavy atom. The molecular formula is C15H23NO3. The van der Waals surface area contributed by atoms with E-state index in [4.69, 9.17) is 15.2 Å². The molecule has 0 amide bonds. The van der Waals surface area contributed by atoms with Crippen molar-refractivity contribution in [3.05, 3.63) is 29.3 Å². The van der Waals surface area contributed by atoms with Gasteiger partial charge in [-0.25, -0.2) is 4.79 Å². The van der Waals surface area contributed by atoms with E-state index in [9.17, 15) is 4.79 Å². The quantitative estimate of drug-likeness (QED) is 0.768. The number of carbonyl (C=O) groups excluding carboxylic acids is 1. The molecule has 0 bridgehead atoms. The molecule has 0 heterocycles. The van der Waals surface area contributed by atoms with Crippen molar-refractivity contribution in [2.75, 3.05) is 19.8 Å². The van der Waals surface area contributed by atoms with E-state index in [0.29, 0.717) is 19.1 Å². The van der Waals surface area contributed by atoms with Gasteiger partial charge in [-0.3, -0.25) is 0 Å². The minimum atomic E-state index is -0.351. The summed E-state index contributed by atoms with van der Waals surface area (Å²) in [4.78, 5) is 11.3. The monoisotopic (exact) mass is 265 g/mol. The van der Waals surface area contributed by atoms with Crippen LogP contribution in [-0.4, -0.2) is 25.7 Å². The zero-order valence-electron chi connectivity index (χ0n) is 11.9. The summed E-state index contributed by atoms with van der Waals surface area (Å²) in [7, 11) is 0. The summed E-state index contributed by atoms with van der Waals surface area (Å²) < 4.78 is 10.4. The van der Waals surface area contributed by atoms with Gasteiger partial charge in [0.1, 0.15) is 5.75 Å². The molecule has 106 valence electrons. The molecule has 1 aromatic carbocycles. The Bertz CT molecular complexity index is 416. The minimum Gasteiger partial charge on any atom is -0.482 e. The second kappa shape index (κ2) is 7.79. The second-order valence-corrected chi connectivity index (χ2v) is 4.65. The van der Waals surface area contributed by atoms with Crippen LogP contribution in [0.1, 0.15) is 37.8 Å². The normalized spacial score (nSPS) is 10.6. The van der Waals surface area contributed by atoms with Crippen LogP contribution in [-0.2, 0) is 16.0 Å². The van der Waals surface area contributed by atoms with Gasteiger partial charge in [0, 0.05) is 0 Å². The Morgan fingerprint density at radius 2 is 2.11 bits per heavy atom. The van der Waals surface area contributed by atoms with Gasteiger partial charge >= 0.3 is 5.97 Å². The Balaban J connectivity index is 2.81. The van der Waals surface area contributed by atoms with Crippen molar-refractivity contribution in [3.8, 4) is 5.75 Å². The third-order valence-corrected chi connectivity index (χ3v) is 2.82. The van der Waals surface area contributed by atoms with Crippen molar-refractivity contribution in [2.45, 2.75) is 33.1 Å². The van der Waals surface area contributed by atoms with E-state index in [1.54, 1.807) is 6.92 Å². The smallest absolute Gasteiger partial charge is 0.344 e. The first-order valence-electron chi connectivity index (χ1n) is 6.69. The molecule has 1 aromatic rings. The van der Waals surface area contributed by atoms with Crippen LogP contribution >= 0.6 is 0 Å². The van der Waals surface area contributed by atoms with Gasteiger partial charge in [0.15, 0.2) is 6.61 Å². The molecule has 2 N–H and O–H groups in total. The molecule has 0 fully saturated rings. The molecule has 0 unspecified atom stereocenters. The maximum absolute atomic E-state index is 11.3. The van der Waals surface area contributed by atoms with Crippen molar-refractivity contribution in [3.63, 3.8) is 0 Å². The zero-order chi connectivity index (χ0) is 14.3. The average molecular weight is 265 g/mol. The van der Waals surface area contributed by atoms with E-state index < -0.39 is 0 Å². The van der Waals surface area contributed by atoms with Crippen LogP contribution in [0.5, 0.6) is 5.75 Å². The van der Waals surface area contributed by atoms with Crippen molar-refractivity contribution >= 4 is 5.97 Å². The molecule has 0 aliphatic carbocycles. The van der Waals surface area contributed by atoms with Crippen LogP contribution in [0.15, 0.2) is 18.2 Å². The summed E-state index contributed by atoms with van der Waals surface area (Å²) in [5, 5.41) is 0. The number of ether oxygens (including phenoxy) is 2. The SMILES string of the molecule is CCOC(=O)COc1cc(C(C)C)ccc1CCN. The number of esters is 1. The van der Waals surface area contributed by atoms with Crippen LogP contribution < -0.4 is 10.5 Å². The van der Waals surface area contributed by atoms with E-state index in [1.807, 2.05) is 12.1 Å². The Morgan fingerprint density at radius 1 is 1.37 bits per heavy atom. The topological polar surface area (TPSA) is 61.5 Å². The van der Waals surface area contributed by atoms with E-state index in [-0.39, 0.29) is 12.6 Å². The van der Waals surface area contributed by atoms with Gasteiger partial charge in [-0.2, -0.15) is 0 Å². The van der Waals surface area contributed by atoms with Gasteiger partial charge in [0.05, 0.1) is 6.61 Å². The van der Waals surface area contributed by atoms with E-state index in [0.717, 1.165) is 17.7 Å². The molecule has 1 rings (SSSR count).